The van der Waals surface area contributed by atoms with Gasteiger partial charge in [-0.3, -0.25) is 14.5 Å². The van der Waals surface area contributed by atoms with Crippen LogP contribution in [0.3, 0.4) is 0 Å². The van der Waals surface area contributed by atoms with Crippen LogP contribution in [0.25, 0.3) is 22.4 Å². The maximum atomic E-state index is 13.5. The predicted octanol–water partition coefficient (Wildman–Crippen LogP) is 4.70. The van der Waals surface area contributed by atoms with Crippen LogP contribution in [0.15, 0.2) is 67.1 Å². The third-order valence-electron chi connectivity index (χ3n) is 6.61. The Morgan fingerprint density at radius 3 is 2.47 bits per heavy atom. The lowest BCUT2D eigenvalue weighted by molar-refractivity contribution is 0.0951. The number of hydrogen-bond donors (Lipinski definition) is 1. The zero-order valence-corrected chi connectivity index (χ0v) is 21.5. The van der Waals surface area contributed by atoms with Crippen molar-refractivity contribution in [2.45, 2.75) is 12.4 Å². The number of rotatable bonds is 6. The van der Waals surface area contributed by atoms with E-state index < -0.39 is 0 Å². The van der Waals surface area contributed by atoms with Gasteiger partial charge in [-0.2, -0.15) is 5.10 Å². The second-order valence-electron chi connectivity index (χ2n) is 9.21. The smallest absolute Gasteiger partial charge is 0.253 e. The first-order valence-electron chi connectivity index (χ1n) is 11.9. The van der Waals surface area contributed by atoms with Crippen LogP contribution in [0.5, 0.6) is 0 Å². The normalized spacial score (nSPS) is 13.0. The summed E-state index contributed by atoms with van der Waals surface area (Å²) in [5.41, 5.74) is 8.17. The Morgan fingerprint density at radius 2 is 1.72 bits per heavy atom. The molecule has 0 radical (unpaired) electrons. The molecule has 1 aliphatic heterocycles. The van der Waals surface area contributed by atoms with Gasteiger partial charge in [0.05, 0.1) is 28.8 Å². The fourth-order valence-electron chi connectivity index (χ4n) is 4.53. The average molecular weight is 501 g/mol. The topological polar surface area (TPSA) is 66.3 Å². The number of carbonyl (C=O) groups excluding carboxylic acids is 1. The third kappa shape index (κ3) is 4.79. The quantitative estimate of drug-likeness (QED) is 0.389. The van der Waals surface area contributed by atoms with E-state index >= 15 is 0 Å². The van der Waals surface area contributed by atoms with Crippen molar-refractivity contribution < 1.29 is 4.79 Å². The molecule has 4 aromatic rings. The number of benzene rings is 2. The van der Waals surface area contributed by atoms with Crippen molar-refractivity contribution in [3.05, 3.63) is 83.8 Å². The van der Waals surface area contributed by atoms with Crippen LogP contribution in [-0.4, -0.2) is 47.9 Å². The number of aryl methyl sites for hydroxylation is 1. The molecule has 0 saturated carbocycles. The van der Waals surface area contributed by atoms with Gasteiger partial charge in [-0.05, 0) is 41.0 Å². The van der Waals surface area contributed by atoms with Crippen molar-refractivity contribution in [1.29, 1.82) is 0 Å². The molecule has 2 aromatic heterocycles. The minimum absolute atomic E-state index is 0.181. The third-order valence-corrected chi connectivity index (χ3v) is 6.92. The molecule has 0 fully saturated rings. The molecule has 2 aromatic carbocycles. The monoisotopic (exact) mass is 500 g/mol. The van der Waals surface area contributed by atoms with Gasteiger partial charge >= 0.3 is 0 Å². The molecule has 7 nitrogen and oxygen atoms in total. The summed E-state index contributed by atoms with van der Waals surface area (Å²) in [6.45, 7) is 2.38. The molecule has 1 aliphatic rings. The molecule has 5 rings (SSSR count). The molecule has 0 unspecified atom stereocenters. The first kappa shape index (κ1) is 23.9. The van der Waals surface area contributed by atoms with Gasteiger partial charge in [0, 0.05) is 70.2 Å². The van der Waals surface area contributed by atoms with Gasteiger partial charge in [0.1, 0.15) is 0 Å². The summed E-state index contributed by atoms with van der Waals surface area (Å²) in [5.74, 6) is 0.244. The number of aromatic nitrogens is 3. The number of nitrogens with one attached hydrogen (secondary N) is 1. The van der Waals surface area contributed by atoms with Crippen LogP contribution in [0.4, 0.5) is 11.4 Å². The molecule has 184 valence electrons. The minimum Gasteiger partial charge on any atom is -0.371 e. The van der Waals surface area contributed by atoms with Gasteiger partial charge in [0.25, 0.3) is 5.91 Å². The fourth-order valence-corrected chi connectivity index (χ4v) is 4.70. The van der Waals surface area contributed by atoms with E-state index in [1.165, 1.54) is 11.4 Å². The molecular formula is C28H29ClN6O. The summed E-state index contributed by atoms with van der Waals surface area (Å²) in [4.78, 5) is 22.7. The van der Waals surface area contributed by atoms with Crippen LogP contribution in [0.1, 0.15) is 21.5 Å². The number of hydrogen-bond acceptors (Lipinski definition) is 5. The van der Waals surface area contributed by atoms with E-state index in [-0.39, 0.29) is 5.91 Å². The molecule has 8 heteroatoms. The Balaban J connectivity index is 1.45. The molecule has 0 spiro atoms. The summed E-state index contributed by atoms with van der Waals surface area (Å²) in [5, 5.41) is 7.37. The Bertz CT molecular complexity index is 1410. The summed E-state index contributed by atoms with van der Waals surface area (Å²) >= 11 is 6.04. The summed E-state index contributed by atoms with van der Waals surface area (Å²) in [6.07, 6.45) is 5.38. The van der Waals surface area contributed by atoms with Crippen LogP contribution in [0.2, 0.25) is 0 Å². The van der Waals surface area contributed by atoms with Crippen LogP contribution in [-0.2, 0) is 19.5 Å². The average Bonchev–Trinajstić information content (AvgIpc) is 3.35. The molecule has 36 heavy (non-hydrogen) atoms. The molecule has 0 aliphatic carbocycles. The first-order chi connectivity index (χ1) is 17.4. The highest BCUT2D eigenvalue weighted by molar-refractivity contribution is 6.17. The number of fused-ring (bicyclic) bond motifs is 1. The van der Waals surface area contributed by atoms with E-state index in [9.17, 15) is 4.79 Å². The van der Waals surface area contributed by atoms with Crippen molar-refractivity contribution in [1.82, 2.24) is 20.1 Å². The SMILES string of the molecule is CN1CCN(C)c2cc(CNC(=O)c3cc(-c4cccc(CCl)c4)cnc3-c3cnn(C)c3)ccc21. The number of nitrogens with zero attached hydrogens (tertiary/aromatic N) is 5. The molecular weight excluding hydrogens is 472 g/mol. The number of amides is 1. The van der Waals surface area contributed by atoms with Gasteiger partial charge in [0.2, 0.25) is 0 Å². The maximum absolute atomic E-state index is 13.5. The summed E-state index contributed by atoms with van der Waals surface area (Å²) < 4.78 is 1.71. The number of carbonyl (C=O) groups is 1. The van der Waals surface area contributed by atoms with Gasteiger partial charge < -0.3 is 15.1 Å². The lowest BCUT2D eigenvalue weighted by Crippen LogP contribution is -2.36. The van der Waals surface area contributed by atoms with Crippen molar-refractivity contribution in [3.8, 4) is 22.4 Å². The maximum Gasteiger partial charge on any atom is 0.253 e. The van der Waals surface area contributed by atoms with Crippen LogP contribution < -0.4 is 15.1 Å². The zero-order valence-electron chi connectivity index (χ0n) is 20.7. The Kier molecular flexibility index (Phi) is 6.65. The Morgan fingerprint density at radius 1 is 0.917 bits per heavy atom. The number of likely N-dealkylation sites (N-methyl/N-ethyl adjacent to an activating group) is 2. The van der Waals surface area contributed by atoms with Gasteiger partial charge in [-0.15, -0.1) is 11.6 Å². The van der Waals surface area contributed by atoms with Crippen molar-refractivity contribution in [2.75, 3.05) is 37.0 Å². The highest BCUT2D eigenvalue weighted by Crippen LogP contribution is 2.32. The van der Waals surface area contributed by atoms with E-state index in [2.05, 4.69) is 57.5 Å². The van der Waals surface area contributed by atoms with Gasteiger partial charge in [-0.25, -0.2) is 0 Å². The predicted molar refractivity (Wildman–Crippen MR) is 146 cm³/mol. The van der Waals surface area contributed by atoms with E-state index in [4.69, 9.17) is 11.6 Å². The van der Waals surface area contributed by atoms with Crippen LogP contribution in [0, 0.1) is 0 Å². The molecule has 0 saturated heterocycles. The van der Waals surface area contributed by atoms with Crippen molar-refractivity contribution in [2.24, 2.45) is 7.05 Å². The lowest BCUT2D eigenvalue weighted by Gasteiger charge is -2.35. The summed E-state index contributed by atoms with van der Waals surface area (Å²) in [7, 11) is 6.06. The number of halogens is 1. The van der Waals surface area contributed by atoms with Crippen molar-refractivity contribution >= 4 is 28.9 Å². The fraction of sp³-hybridized carbons (Fsp3) is 0.250. The molecule has 0 bridgehead atoms. The molecule has 0 atom stereocenters. The number of pyridine rings is 1. The van der Waals surface area contributed by atoms with Gasteiger partial charge in [0.15, 0.2) is 0 Å². The molecule has 1 N–H and O–H groups in total. The van der Waals surface area contributed by atoms with Gasteiger partial charge in [-0.1, -0.05) is 24.3 Å². The minimum atomic E-state index is -0.181. The highest BCUT2D eigenvalue weighted by atomic mass is 35.5. The number of alkyl halides is 1. The lowest BCUT2D eigenvalue weighted by atomic mass is 10.0. The highest BCUT2D eigenvalue weighted by Gasteiger charge is 2.20. The second-order valence-corrected chi connectivity index (χ2v) is 9.47. The van der Waals surface area contributed by atoms with E-state index in [0.717, 1.165) is 40.9 Å². The second kappa shape index (κ2) is 10.0. The standard InChI is InChI=1S/C28H29ClN6O/c1-33-9-10-34(2)26-12-20(7-8-25(26)33)15-31-28(36)24-13-22(21-6-4-5-19(11-21)14-29)16-30-27(24)23-17-32-35(3)18-23/h4-8,11-13,16-18H,9-10,14-15H2,1-3H3,(H,31,36). The Labute approximate surface area is 216 Å². The Hall–Kier alpha value is -3.84. The van der Waals surface area contributed by atoms with Crippen molar-refractivity contribution in [3.63, 3.8) is 0 Å². The molecule has 1 amide bonds. The number of anilines is 2. The first-order valence-corrected chi connectivity index (χ1v) is 12.4. The summed E-state index contributed by atoms with van der Waals surface area (Å²) in [6, 6.07) is 16.2. The molecule has 3 heterocycles. The zero-order chi connectivity index (χ0) is 25.2. The van der Waals surface area contributed by atoms with E-state index in [1.54, 1.807) is 17.1 Å². The largest absolute Gasteiger partial charge is 0.371 e. The van der Waals surface area contributed by atoms with E-state index in [0.29, 0.717) is 23.7 Å². The van der Waals surface area contributed by atoms with Crippen LogP contribution >= 0.6 is 11.6 Å². The van der Waals surface area contributed by atoms with E-state index in [1.807, 2.05) is 43.6 Å².